The fraction of sp³-hybridized carbons (Fsp3) is 0.250. The minimum atomic E-state index is -0.0608. The molecule has 2 nitrogen and oxygen atoms in total. The van der Waals surface area contributed by atoms with Crippen LogP contribution in [0.25, 0.3) is 6.08 Å². The smallest absolute Gasteiger partial charge is 0.237 e. The Hall–Kier alpha value is -1.28. The molecule has 0 heterocycles. The van der Waals surface area contributed by atoms with Gasteiger partial charge < -0.3 is 4.90 Å². The van der Waals surface area contributed by atoms with Gasteiger partial charge in [0.1, 0.15) is 5.88 Å². The van der Waals surface area contributed by atoms with Crippen molar-refractivity contribution >= 4 is 23.6 Å². The highest BCUT2D eigenvalue weighted by atomic mass is 35.5. The summed E-state index contributed by atoms with van der Waals surface area (Å²) in [4.78, 5) is 12.7. The highest BCUT2D eigenvalue weighted by molar-refractivity contribution is 6.27. The molecule has 0 atom stereocenters. The summed E-state index contributed by atoms with van der Waals surface area (Å²) >= 11 is 5.43. The molecular formula is C12H14ClNO. The summed E-state index contributed by atoms with van der Waals surface area (Å²) in [5.74, 6) is -0.0234. The minimum Gasteiger partial charge on any atom is -0.341 e. The fourth-order valence-electron chi connectivity index (χ4n) is 1.11. The Labute approximate surface area is 95.2 Å². The predicted octanol–water partition coefficient (Wildman–Crippen LogP) is 2.40. The van der Waals surface area contributed by atoms with Crippen LogP contribution in [-0.2, 0) is 4.79 Å². The van der Waals surface area contributed by atoms with Gasteiger partial charge in [0.05, 0.1) is 0 Å². The molecule has 1 aromatic carbocycles. The van der Waals surface area contributed by atoms with Crippen molar-refractivity contribution in [1.29, 1.82) is 0 Å². The van der Waals surface area contributed by atoms with Gasteiger partial charge in [0.25, 0.3) is 0 Å². The number of alkyl halides is 1. The third kappa shape index (κ3) is 4.17. The van der Waals surface area contributed by atoms with E-state index in [0.29, 0.717) is 6.54 Å². The maximum atomic E-state index is 11.1. The van der Waals surface area contributed by atoms with Gasteiger partial charge in [-0.25, -0.2) is 0 Å². The van der Waals surface area contributed by atoms with Crippen LogP contribution in [0.3, 0.4) is 0 Å². The second-order valence-corrected chi connectivity index (χ2v) is 3.49. The van der Waals surface area contributed by atoms with E-state index >= 15 is 0 Å². The van der Waals surface area contributed by atoms with E-state index in [-0.39, 0.29) is 11.8 Å². The summed E-state index contributed by atoms with van der Waals surface area (Å²) in [5, 5.41) is 0. The molecule has 0 saturated carbocycles. The number of amides is 1. The van der Waals surface area contributed by atoms with Crippen molar-refractivity contribution in [3.8, 4) is 0 Å². The molecule has 0 aliphatic rings. The van der Waals surface area contributed by atoms with Gasteiger partial charge in [-0.3, -0.25) is 4.79 Å². The molecule has 0 spiro atoms. The van der Waals surface area contributed by atoms with Crippen LogP contribution >= 0.6 is 11.6 Å². The Morgan fingerprint density at radius 3 is 2.67 bits per heavy atom. The van der Waals surface area contributed by atoms with Crippen LogP contribution < -0.4 is 0 Å². The highest BCUT2D eigenvalue weighted by Gasteiger charge is 2.03. The average molecular weight is 224 g/mol. The summed E-state index contributed by atoms with van der Waals surface area (Å²) in [5.41, 5.74) is 1.13. The standard InChI is InChI=1S/C12H14ClNO/c1-14(12(15)10-13)9-5-8-11-6-3-2-4-7-11/h2-8H,9-10H2,1H3/b8-5+. The summed E-state index contributed by atoms with van der Waals surface area (Å²) in [7, 11) is 1.74. The molecular weight excluding hydrogens is 210 g/mol. The van der Waals surface area contributed by atoms with Gasteiger partial charge in [0.15, 0.2) is 0 Å². The normalized spacial score (nSPS) is 10.5. The lowest BCUT2D eigenvalue weighted by atomic mass is 10.2. The number of nitrogens with zero attached hydrogens (tertiary/aromatic N) is 1. The average Bonchev–Trinajstić information content (AvgIpc) is 2.29. The topological polar surface area (TPSA) is 20.3 Å². The van der Waals surface area contributed by atoms with E-state index in [2.05, 4.69) is 0 Å². The van der Waals surface area contributed by atoms with E-state index in [1.54, 1.807) is 11.9 Å². The van der Waals surface area contributed by atoms with Crippen LogP contribution in [-0.4, -0.2) is 30.3 Å². The third-order valence-corrected chi connectivity index (χ3v) is 2.26. The Morgan fingerprint density at radius 1 is 1.40 bits per heavy atom. The van der Waals surface area contributed by atoms with Crippen molar-refractivity contribution in [2.75, 3.05) is 19.5 Å². The van der Waals surface area contributed by atoms with Crippen LogP contribution in [0.1, 0.15) is 5.56 Å². The summed E-state index contributed by atoms with van der Waals surface area (Å²) < 4.78 is 0. The highest BCUT2D eigenvalue weighted by Crippen LogP contribution is 2.01. The van der Waals surface area contributed by atoms with Gasteiger partial charge in [0, 0.05) is 13.6 Å². The van der Waals surface area contributed by atoms with Crippen molar-refractivity contribution in [1.82, 2.24) is 4.90 Å². The Kier molecular flexibility index (Phi) is 4.91. The zero-order valence-corrected chi connectivity index (χ0v) is 9.45. The van der Waals surface area contributed by atoms with E-state index < -0.39 is 0 Å². The van der Waals surface area contributed by atoms with Crippen molar-refractivity contribution in [3.63, 3.8) is 0 Å². The molecule has 1 amide bonds. The molecule has 0 aliphatic carbocycles. The van der Waals surface area contributed by atoms with Gasteiger partial charge in [-0.2, -0.15) is 0 Å². The summed E-state index contributed by atoms with van der Waals surface area (Å²) in [6.07, 6.45) is 3.93. The second kappa shape index (κ2) is 6.25. The number of hydrogen-bond donors (Lipinski definition) is 0. The lowest BCUT2D eigenvalue weighted by Gasteiger charge is -2.12. The van der Waals surface area contributed by atoms with Gasteiger partial charge in [-0.15, -0.1) is 11.6 Å². The molecule has 80 valence electrons. The van der Waals surface area contributed by atoms with Gasteiger partial charge in [0.2, 0.25) is 5.91 Å². The monoisotopic (exact) mass is 223 g/mol. The molecule has 3 heteroatoms. The first-order valence-electron chi connectivity index (χ1n) is 4.75. The Bertz CT molecular complexity index is 335. The first-order valence-corrected chi connectivity index (χ1v) is 5.29. The van der Waals surface area contributed by atoms with E-state index in [0.717, 1.165) is 5.56 Å². The largest absolute Gasteiger partial charge is 0.341 e. The predicted molar refractivity (Wildman–Crippen MR) is 63.8 cm³/mol. The molecule has 0 radical (unpaired) electrons. The van der Waals surface area contributed by atoms with Gasteiger partial charge >= 0.3 is 0 Å². The quantitative estimate of drug-likeness (QED) is 0.718. The molecule has 0 fully saturated rings. The first-order chi connectivity index (χ1) is 7.24. The summed E-state index contributed by atoms with van der Waals surface area (Å²) in [6, 6.07) is 9.96. The molecule has 1 rings (SSSR count). The number of carbonyl (C=O) groups excluding carboxylic acids is 1. The van der Waals surface area contributed by atoms with Crippen LogP contribution in [0.5, 0.6) is 0 Å². The molecule has 0 N–H and O–H groups in total. The maximum Gasteiger partial charge on any atom is 0.237 e. The van der Waals surface area contributed by atoms with Gasteiger partial charge in [-0.1, -0.05) is 42.5 Å². The molecule has 0 bridgehead atoms. The number of rotatable bonds is 4. The Morgan fingerprint density at radius 2 is 2.07 bits per heavy atom. The number of halogens is 1. The van der Waals surface area contributed by atoms with Crippen molar-refractivity contribution in [3.05, 3.63) is 42.0 Å². The van der Waals surface area contributed by atoms with Crippen LogP contribution in [0.4, 0.5) is 0 Å². The number of carbonyl (C=O) groups is 1. The van der Waals surface area contributed by atoms with Gasteiger partial charge in [-0.05, 0) is 5.56 Å². The minimum absolute atomic E-state index is 0.0374. The second-order valence-electron chi connectivity index (χ2n) is 3.22. The molecule has 1 aromatic rings. The number of benzene rings is 1. The van der Waals surface area contributed by atoms with E-state index in [1.807, 2.05) is 42.5 Å². The zero-order chi connectivity index (χ0) is 11.1. The van der Waals surface area contributed by atoms with Crippen molar-refractivity contribution in [2.45, 2.75) is 0 Å². The molecule has 15 heavy (non-hydrogen) atoms. The van der Waals surface area contributed by atoms with Crippen molar-refractivity contribution < 1.29 is 4.79 Å². The summed E-state index contributed by atoms with van der Waals surface area (Å²) in [6.45, 7) is 0.584. The molecule has 0 aromatic heterocycles. The SMILES string of the molecule is CN(C/C=C/c1ccccc1)C(=O)CCl. The lowest BCUT2D eigenvalue weighted by Crippen LogP contribution is -2.27. The molecule has 0 saturated heterocycles. The van der Waals surface area contributed by atoms with Crippen LogP contribution in [0.15, 0.2) is 36.4 Å². The molecule has 0 unspecified atom stereocenters. The van der Waals surface area contributed by atoms with E-state index in [4.69, 9.17) is 11.6 Å². The third-order valence-electron chi connectivity index (χ3n) is 2.03. The fourth-order valence-corrected chi connectivity index (χ4v) is 1.32. The number of hydrogen-bond acceptors (Lipinski definition) is 1. The van der Waals surface area contributed by atoms with Crippen LogP contribution in [0.2, 0.25) is 0 Å². The molecule has 0 aliphatic heterocycles. The van der Waals surface area contributed by atoms with Crippen LogP contribution in [0, 0.1) is 0 Å². The zero-order valence-electron chi connectivity index (χ0n) is 8.69. The van der Waals surface area contributed by atoms with E-state index in [9.17, 15) is 4.79 Å². The lowest BCUT2D eigenvalue weighted by molar-refractivity contribution is -0.126. The van der Waals surface area contributed by atoms with Crippen molar-refractivity contribution in [2.24, 2.45) is 0 Å². The first kappa shape index (κ1) is 11.8. The Balaban J connectivity index is 2.43. The number of likely N-dealkylation sites (N-methyl/N-ethyl adjacent to an activating group) is 1. The van der Waals surface area contributed by atoms with E-state index in [1.165, 1.54) is 0 Å². The maximum absolute atomic E-state index is 11.1.